The lowest BCUT2D eigenvalue weighted by atomic mass is 10.0. The van der Waals surface area contributed by atoms with Gasteiger partial charge in [0, 0.05) is 26.6 Å². The number of carbonyl (C=O) groups excluding carboxylic acids is 4. The molecule has 8 heteroatoms. The zero-order chi connectivity index (χ0) is 18.1. The molecule has 1 saturated heterocycles. The normalized spacial score (nSPS) is 19.9. The second kappa shape index (κ2) is 6.64. The lowest BCUT2D eigenvalue weighted by Gasteiger charge is -2.28. The van der Waals surface area contributed by atoms with E-state index in [2.05, 4.69) is 10.6 Å². The molecule has 0 saturated carbocycles. The Morgan fingerprint density at radius 2 is 2.00 bits per heavy atom. The molecule has 0 radical (unpaired) electrons. The molecule has 1 atom stereocenters. The smallest absolute Gasteiger partial charge is 0.264 e. The van der Waals surface area contributed by atoms with Crippen molar-refractivity contribution < 1.29 is 19.2 Å². The summed E-state index contributed by atoms with van der Waals surface area (Å²) in [5.41, 5.74) is 1.26. The van der Waals surface area contributed by atoms with E-state index in [1.807, 2.05) is 19.0 Å². The van der Waals surface area contributed by atoms with Crippen molar-refractivity contribution in [3.63, 3.8) is 0 Å². The van der Waals surface area contributed by atoms with Gasteiger partial charge in [0.15, 0.2) is 0 Å². The van der Waals surface area contributed by atoms with Gasteiger partial charge in [0.2, 0.25) is 11.8 Å². The first-order chi connectivity index (χ1) is 12.0. The molecule has 1 aromatic rings. The molecule has 25 heavy (non-hydrogen) atoms. The fourth-order valence-corrected chi connectivity index (χ4v) is 3.22. The Bertz CT molecular complexity index is 761. The Morgan fingerprint density at radius 1 is 1.24 bits per heavy atom. The van der Waals surface area contributed by atoms with E-state index in [1.54, 1.807) is 18.2 Å². The van der Waals surface area contributed by atoms with Crippen molar-refractivity contribution >= 4 is 29.3 Å². The molecular formula is C17H20N4O4. The summed E-state index contributed by atoms with van der Waals surface area (Å²) < 4.78 is 0. The number of anilines is 1. The van der Waals surface area contributed by atoms with Crippen molar-refractivity contribution in [1.82, 2.24) is 15.5 Å². The van der Waals surface area contributed by atoms with E-state index in [9.17, 15) is 19.2 Å². The van der Waals surface area contributed by atoms with Crippen molar-refractivity contribution in [2.45, 2.75) is 18.9 Å². The summed E-state index contributed by atoms with van der Waals surface area (Å²) in [4.78, 5) is 52.0. The van der Waals surface area contributed by atoms with Crippen molar-refractivity contribution in [2.75, 3.05) is 32.1 Å². The van der Waals surface area contributed by atoms with Crippen LogP contribution >= 0.6 is 0 Å². The van der Waals surface area contributed by atoms with Gasteiger partial charge in [-0.05, 0) is 25.6 Å². The predicted octanol–water partition coefficient (Wildman–Crippen LogP) is -0.257. The third-order valence-electron chi connectivity index (χ3n) is 4.55. The number of imide groups is 2. The van der Waals surface area contributed by atoms with E-state index in [0.29, 0.717) is 23.4 Å². The van der Waals surface area contributed by atoms with Crippen LogP contribution in [0.2, 0.25) is 0 Å². The van der Waals surface area contributed by atoms with Crippen LogP contribution in [-0.2, 0) is 9.59 Å². The van der Waals surface area contributed by atoms with Gasteiger partial charge in [-0.3, -0.25) is 29.4 Å². The molecule has 4 amide bonds. The average Bonchev–Trinajstić information content (AvgIpc) is 2.84. The number of nitrogens with one attached hydrogen (secondary N) is 2. The third-order valence-corrected chi connectivity index (χ3v) is 4.55. The fraction of sp³-hybridized carbons (Fsp3) is 0.412. The molecule has 2 heterocycles. The van der Waals surface area contributed by atoms with Gasteiger partial charge in [-0.1, -0.05) is 6.07 Å². The molecule has 132 valence electrons. The Labute approximate surface area is 145 Å². The second-order valence-corrected chi connectivity index (χ2v) is 6.17. The van der Waals surface area contributed by atoms with E-state index < -0.39 is 23.8 Å². The molecule has 0 bridgehead atoms. The number of fused-ring (bicyclic) bond motifs is 1. The molecule has 2 aliphatic heterocycles. The maximum atomic E-state index is 12.9. The Hall–Kier alpha value is -2.74. The molecular weight excluding hydrogens is 324 g/mol. The van der Waals surface area contributed by atoms with Gasteiger partial charge in [0.05, 0.1) is 16.8 Å². The minimum Gasteiger partial charge on any atom is -0.373 e. The predicted molar refractivity (Wildman–Crippen MR) is 90.3 cm³/mol. The molecule has 8 nitrogen and oxygen atoms in total. The molecule has 3 rings (SSSR count). The molecule has 0 aliphatic carbocycles. The van der Waals surface area contributed by atoms with Crippen LogP contribution in [0.25, 0.3) is 0 Å². The highest BCUT2D eigenvalue weighted by Gasteiger charge is 2.45. The fourth-order valence-electron chi connectivity index (χ4n) is 3.22. The summed E-state index contributed by atoms with van der Waals surface area (Å²) in [7, 11) is 3.68. The molecule has 0 aromatic heterocycles. The summed E-state index contributed by atoms with van der Waals surface area (Å²) in [5, 5.41) is 5.23. The van der Waals surface area contributed by atoms with Crippen LogP contribution < -0.4 is 15.5 Å². The molecule has 0 spiro atoms. The number of benzene rings is 1. The summed E-state index contributed by atoms with van der Waals surface area (Å²) >= 11 is 0. The van der Waals surface area contributed by atoms with Crippen LogP contribution in [-0.4, -0.2) is 61.8 Å². The van der Waals surface area contributed by atoms with Crippen molar-refractivity contribution in [3.05, 3.63) is 29.3 Å². The van der Waals surface area contributed by atoms with E-state index in [0.717, 1.165) is 11.4 Å². The van der Waals surface area contributed by atoms with Gasteiger partial charge in [0.1, 0.15) is 6.04 Å². The average molecular weight is 344 g/mol. The number of hydrogen-bond acceptors (Lipinski definition) is 6. The van der Waals surface area contributed by atoms with Gasteiger partial charge in [-0.25, -0.2) is 0 Å². The maximum absolute atomic E-state index is 12.9. The Kier molecular flexibility index (Phi) is 4.54. The van der Waals surface area contributed by atoms with E-state index in [-0.39, 0.29) is 18.7 Å². The number of amides is 4. The highest BCUT2D eigenvalue weighted by molar-refractivity contribution is 6.25. The Balaban J connectivity index is 1.94. The van der Waals surface area contributed by atoms with Crippen LogP contribution in [0.3, 0.4) is 0 Å². The zero-order valence-electron chi connectivity index (χ0n) is 14.2. The van der Waals surface area contributed by atoms with Gasteiger partial charge in [-0.2, -0.15) is 0 Å². The Morgan fingerprint density at radius 3 is 2.68 bits per heavy atom. The van der Waals surface area contributed by atoms with E-state index >= 15 is 0 Å². The lowest BCUT2D eigenvalue weighted by Crippen LogP contribution is -2.54. The summed E-state index contributed by atoms with van der Waals surface area (Å²) in [5.74, 6) is -1.96. The minimum atomic E-state index is -0.944. The summed E-state index contributed by atoms with van der Waals surface area (Å²) in [6, 6.07) is 4.16. The number of carbonyl (C=O) groups is 4. The number of piperidine rings is 1. The van der Waals surface area contributed by atoms with Crippen LogP contribution in [0.15, 0.2) is 18.2 Å². The molecule has 2 aliphatic rings. The topological polar surface area (TPSA) is 98.8 Å². The quantitative estimate of drug-likeness (QED) is 0.715. The van der Waals surface area contributed by atoms with Gasteiger partial charge in [0.25, 0.3) is 11.8 Å². The third kappa shape index (κ3) is 2.89. The van der Waals surface area contributed by atoms with Crippen LogP contribution in [0.4, 0.5) is 5.69 Å². The second-order valence-electron chi connectivity index (χ2n) is 6.17. The largest absolute Gasteiger partial charge is 0.373 e. The summed E-state index contributed by atoms with van der Waals surface area (Å²) in [6.45, 7) is 1.38. The molecule has 1 unspecified atom stereocenters. The van der Waals surface area contributed by atoms with Gasteiger partial charge < -0.3 is 10.2 Å². The first-order valence-corrected chi connectivity index (χ1v) is 8.16. The van der Waals surface area contributed by atoms with Crippen LogP contribution in [0.1, 0.15) is 33.6 Å². The van der Waals surface area contributed by atoms with Crippen molar-refractivity contribution in [2.24, 2.45) is 0 Å². The SMILES string of the molecule is CNCCN(C)c1cccc2c1C(=O)N(C1CCC(=O)NC1=O)C2=O. The minimum absolute atomic E-state index is 0.110. The van der Waals surface area contributed by atoms with Crippen LogP contribution in [0, 0.1) is 0 Å². The number of nitrogens with zero attached hydrogens (tertiary/aromatic N) is 2. The first-order valence-electron chi connectivity index (χ1n) is 8.16. The van der Waals surface area contributed by atoms with E-state index in [4.69, 9.17) is 0 Å². The number of rotatable bonds is 5. The molecule has 1 fully saturated rings. The monoisotopic (exact) mass is 344 g/mol. The molecule has 1 aromatic carbocycles. The number of hydrogen-bond donors (Lipinski definition) is 2. The van der Waals surface area contributed by atoms with Gasteiger partial charge in [-0.15, -0.1) is 0 Å². The number of likely N-dealkylation sites (N-methyl/N-ethyl adjacent to an activating group) is 2. The molecule has 2 N–H and O–H groups in total. The van der Waals surface area contributed by atoms with Gasteiger partial charge >= 0.3 is 0 Å². The maximum Gasteiger partial charge on any atom is 0.264 e. The van der Waals surface area contributed by atoms with Crippen molar-refractivity contribution in [3.8, 4) is 0 Å². The zero-order valence-corrected chi connectivity index (χ0v) is 14.2. The van der Waals surface area contributed by atoms with E-state index in [1.165, 1.54) is 0 Å². The lowest BCUT2D eigenvalue weighted by molar-refractivity contribution is -0.136. The van der Waals surface area contributed by atoms with Crippen LogP contribution in [0.5, 0.6) is 0 Å². The van der Waals surface area contributed by atoms with Crippen molar-refractivity contribution in [1.29, 1.82) is 0 Å². The summed E-state index contributed by atoms with van der Waals surface area (Å²) in [6.07, 6.45) is 0.264. The standard InChI is InChI=1S/C17H20N4O4/c1-18-8-9-20(2)11-5-3-4-10-14(11)17(25)21(16(10)24)12-6-7-13(22)19-15(12)23/h3-5,12,18H,6-9H2,1-2H3,(H,19,22,23). The highest BCUT2D eigenvalue weighted by Crippen LogP contribution is 2.33. The highest BCUT2D eigenvalue weighted by atomic mass is 16.2. The first kappa shape index (κ1) is 17.1.